The molecule has 3 fully saturated rings. The summed E-state index contributed by atoms with van der Waals surface area (Å²) in [7, 11) is 0. The third-order valence-corrected chi connectivity index (χ3v) is 5.45. The van der Waals surface area contributed by atoms with E-state index >= 15 is 0 Å². The third kappa shape index (κ3) is 3.53. The molecule has 0 aromatic carbocycles. The van der Waals surface area contributed by atoms with Crippen molar-refractivity contribution in [3.63, 3.8) is 0 Å². The molecule has 0 spiro atoms. The Morgan fingerprint density at radius 2 is 1.80 bits per heavy atom. The van der Waals surface area contributed by atoms with E-state index in [-0.39, 0.29) is 0 Å². The summed E-state index contributed by atoms with van der Waals surface area (Å²) in [5.74, 6) is -0.300. The van der Waals surface area contributed by atoms with E-state index in [1.165, 1.54) is 44.9 Å². The SMILES string of the molecule is O=C(O)CC1CC(NC2CCCC2)CN(C2CCC2)C1. The van der Waals surface area contributed by atoms with Gasteiger partial charge in [0.15, 0.2) is 0 Å². The molecule has 0 aromatic rings. The lowest BCUT2D eigenvalue weighted by Crippen LogP contribution is -2.55. The lowest BCUT2D eigenvalue weighted by molar-refractivity contribution is -0.138. The number of nitrogens with zero attached hydrogens (tertiary/aromatic N) is 1. The molecule has 4 heteroatoms. The highest BCUT2D eigenvalue weighted by molar-refractivity contribution is 5.67. The Kier molecular flexibility index (Phi) is 4.61. The van der Waals surface area contributed by atoms with Crippen LogP contribution in [-0.4, -0.2) is 47.2 Å². The monoisotopic (exact) mass is 280 g/mol. The van der Waals surface area contributed by atoms with Gasteiger partial charge in [0.1, 0.15) is 0 Å². The fourth-order valence-electron chi connectivity index (χ4n) is 4.23. The Balaban J connectivity index is 1.57. The highest BCUT2D eigenvalue weighted by atomic mass is 16.4. The highest BCUT2D eigenvalue weighted by Gasteiger charge is 2.35. The molecule has 1 saturated heterocycles. The van der Waals surface area contributed by atoms with Crippen LogP contribution in [0.3, 0.4) is 0 Å². The van der Waals surface area contributed by atoms with Crippen LogP contribution in [-0.2, 0) is 4.79 Å². The fourth-order valence-corrected chi connectivity index (χ4v) is 4.23. The van der Waals surface area contributed by atoms with Gasteiger partial charge in [-0.3, -0.25) is 9.69 Å². The lowest BCUT2D eigenvalue weighted by atomic mass is 9.85. The molecular formula is C16H28N2O2. The summed E-state index contributed by atoms with van der Waals surface area (Å²) in [5, 5.41) is 12.9. The van der Waals surface area contributed by atoms with Crippen LogP contribution in [0.15, 0.2) is 0 Å². The van der Waals surface area contributed by atoms with Crippen LogP contribution in [0.5, 0.6) is 0 Å². The standard InChI is InChI=1S/C16H28N2O2/c19-16(20)9-12-8-14(17-13-4-1-2-5-13)11-18(10-12)15-6-3-7-15/h12-15,17H,1-11H2,(H,19,20). The van der Waals surface area contributed by atoms with Crippen molar-refractivity contribution >= 4 is 5.97 Å². The number of aliphatic carboxylic acids is 1. The summed E-state index contributed by atoms with van der Waals surface area (Å²) in [4.78, 5) is 13.6. The zero-order valence-electron chi connectivity index (χ0n) is 12.4. The van der Waals surface area contributed by atoms with Crippen molar-refractivity contribution in [1.82, 2.24) is 10.2 Å². The first-order valence-electron chi connectivity index (χ1n) is 8.42. The molecule has 3 aliphatic rings. The lowest BCUT2D eigenvalue weighted by Gasteiger charge is -2.45. The highest BCUT2D eigenvalue weighted by Crippen LogP contribution is 2.31. The third-order valence-electron chi connectivity index (χ3n) is 5.45. The summed E-state index contributed by atoms with van der Waals surface area (Å²) in [6.45, 7) is 2.14. The number of carbonyl (C=O) groups is 1. The number of piperidine rings is 1. The Morgan fingerprint density at radius 3 is 2.40 bits per heavy atom. The first-order chi connectivity index (χ1) is 9.70. The minimum Gasteiger partial charge on any atom is -0.481 e. The number of carboxylic acid groups (broad SMARTS) is 1. The first kappa shape index (κ1) is 14.3. The summed E-state index contributed by atoms with van der Waals surface area (Å²) in [6.07, 6.45) is 10.7. The normalized spacial score (nSPS) is 33.2. The van der Waals surface area contributed by atoms with E-state index in [4.69, 9.17) is 5.11 Å². The van der Waals surface area contributed by atoms with Gasteiger partial charge in [0.25, 0.3) is 0 Å². The topological polar surface area (TPSA) is 52.6 Å². The molecule has 2 N–H and O–H groups in total. The van der Waals surface area contributed by atoms with Crippen molar-refractivity contribution in [2.75, 3.05) is 13.1 Å². The van der Waals surface area contributed by atoms with Crippen molar-refractivity contribution in [2.45, 2.75) is 75.9 Å². The average molecular weight is 280 g/mol. The number of hydrogen-bond donors (Lipinski definition) is 2. The molecule has 114 valence electrons. The molecule has 2 unspecified atom stereocenters. The molecule has 4 nitrogen and oxygen atoms in total. The van der Waals surface area contributed by atoms with Crippen molar-refractivity contribution in [3.05, 3.63) is 0 Å². The van der Waals surface area contributed by atoms with Gasteiger partial charge in [-0.2, -0.15) is 0 Å². The number of carboxylic acids is 1. The van der Waals surface area contributed by atoms with Gasteiger partial charge in [-0.05, 0) is 38.0 Å². The van der Waals surface area contributed by atoms with Crippen molar-refractivity contribution in [1.29, 1.82) is 0 Å². The van der Waals surface area contributed by atoms with Crippen LogP contribution in [0.25, 0.3) is 0 Å². The minimum atomic E-state index is -0.634. The van der Waals surface area contributed by atoms with Crippen LogP contribution < -0.4 is 5.32 Å². The van der Waals surface area contributed by atoms with E-state index in [2.05, 4.69) is 10.2 Å². The van der Waals surface area contributed by atoms with Gasteiger partial charge in [-0.25, -0.2) is 0 Å². The van der Waals surface area contributed by atoms with E-state index < -0.39 is 5.97 Å². The molecule has 2 atom stereocenters. The number of hydrogen-bond acceptors (Lipinski definition) is 3. The molecular weight excluding hydrogens is 252 g/mol. The van der Waals surface area contributed by atoms with Crippen molar-refractivity contribution in [2.24, 2.45) is 5.92 Å². The van der Waals surface area contributed by atoms with Gasteiger partial charge in [-0.1, -0.05) is 19.3 Å². The van der Waals surface area contributed by atoms with Gasteiger partial charge in [0.2, 0.25) is 0 Å². The minimum absolute atomic E-state index is 0.334. The summed E-state index contributed by atoms with van der Waals surface area (Å²) in [5.41, 5.74) is 0. The van der Waals surface area contributed by atoms with Gasteiger partial charge >= 0.3 is 5.97 Å². The van der Waals surface area contributed by atoms with Crippen LogP contribution in [0, 0.1) is 5.92 Å². The predicted molar refractivity (Wildman–Crippen MR) is 78.8 cm³/mol. The maximum atomic E-state index is 11.0. The number of likely N-dealkylation sites (tertiary alicyclic amines) is 1. The Hall–Kier alpha value is -0.610. The van der Waals surface area contributed by atoms with Crippen LogP contribution in [0.1, 0.15) is 57.8 Å². The second-order valence-electron chi connectivity index (χ2n) is 7.08. The maximum absolute atomic E-state index is 11.0. The zero-order valence-corrected chi connectivity index (χ0v) is 12.4. The second-order valence-corrected chi connectivity index (χ2v) is 7.08. The summed E-state index contributed by atoms with van der Waals surface area (Å²) >= 11 is 0. The van der Waals surface area contributed by atoms with E-state index in [1.807, 2.05) is 0 Å². The maximum Gasteiger partial charge on any atom is 0.303 e. The van der Waals surface area contributed by atoms with Crippen molar-refractivity contribution < 1.29 is 9.90 Å². The molecule has 0 aromatic heterocycles. The summed E-state index contributed by atoms with van der Waals surface area (Å²) in [6, 6.07) is 1.93. The molecule has 1 heterocycles. The van der Waals surface area contributed by atoms with E-state index in [0.717, 1.165) is 25.6 Å². The molecule has 20 heavy (non-hydrogen) atoms. The van der Waals surface area contributed by atoms with Gasteiger partial charge in [0.05, 0.1) is 0 Å². The number of rotatable bonds is 5. The number of nitrogens with one attached hydrogen (secondary N) is 1. The largest absolute Gasteiger partial charge is 0.481 e. The van der Waals surface area contributed by atoms with E-state index in [1.54, 1.807) is 0 Å². The zero-order chi connectivity index (χ0) is 13.9. The molecule has 2 saturated carbocycles. The van der Waals surface area contributed by atoms with Crippen LogP contribution >= 0.6 is 0 Å². The fraction of sp³-hybridized carbons (Fsp3) is 0.938. The predicted octanol–water partition coefficient (Wildman–Crippen LogP) is 2.24. The van der Waals surface area contributed by atoms with E-state index in [0.29, 0.717) is 24.4 Å². The molecule has 0 amide bonds. The summed E-state index contributed by atoms with van der Waals surface area (Å²) < 4.78 is 0. The Morgan fingerprint density at radius 1 is 1.05 bits per heavy atom. The molecule has 1 aliphatic heterocycles. The molecule has 3 rings (SSSR count). The average Bonchev–Trinajstić information content (AvgIpc) is 2.78. The molecule has 2 aliphatic carbocycles. The van der Waals surface area contributed by atoms with Crippen molar-refractivity contribution in [3.8, 4) is 0 Å². The van der Waals surface area contributed by atoms with E-state index in [9.17, 15) is 4.79 Å². The van der Waals surface area contributed by atoms with Gasteiger partial charge in [-0.15, -0.1) is 0 Å². The molecule has 0 bridgehead atoms. The van der Waals surface area contributed by atoms with Crippen LogP contribution in [0.2, 0.25) is 0 Å². The Labute approximate surface area is 121 Å². The Bertz CT molecular complexity index is 337. The van der Waals surface area contributed by atoms with Gasteiger partial charge < -0.3 is 10.4 Å². The second kappa shape index (κ2) is 6.44. The smallest absolute Gasteiger partial charge is 0.303 e. The first-order valence-corrected chi connectivity index (χ1v) is 8.42. The van der Waals surface area contributed by atoms with Crippen LogP contribution in [0.4, 0.5) is 0 Å². The van der Waals surface area contributed by atoms with Gasteiger partial charge in [0, 0.05) is 37.6 Å². The molecule has 0 radical (unpaired) electrons. The quantitative estimate of drug-likeness (QED) is 0.811.